The van der Waals surface area contributed by atoms with Crippen LogP contribution in [0.2, 0.25) is 5.15 Å². The van der Waals surface area contributed by atoms with Crippen molar-refractivity contribution in [3.05, 3.63) is 94.1 Å². The van der Waals surface area contributed by atoms with Gasteiger partial charge in [-0.2, -0.15) is 0 Å². The van der Waals surface area contributed by atoms with Crippen molar-refractivity contribution in [3.8, 4) is 0 Å². The van der Waals surface area contributed by atoms with Gasteiger partial charge in [-0.3, -0.25) is 9.69 Å². The second kappa shape index (κ2) is 9.16. The first-order chi connectivity index (χ1) is 15.1. The number of esters is 1. The van der Waals surface area contributed by atoms with Gasteiger partial charge in [-0.15, -0.1) is 0 Å². The molecule has 0 atom stereocenters. The first kappa shape index (κ1) is 20.8. The van der Waals surface area contributed by atoms with Crippen LogP contribution in [0.25, 0.3) is 6.08 Å². The number of hydrogen-bond acceptors (Lipinski definition) is 6. The van der Waals surface area contributed by atoms with Crippen molar-refractivity contribution in [1.29, 1.82) is 0 Å². The number of nitrogens with zero attached hydrogens (tertiary/aromatic N) is 3. The smallest absolute Gasteiger partial charge is 0.337 e. The topological polar surface area (TPSA) is 71.9 Å². The molecule has 2 heterocycles. The monoisotopic (exact) mass is 449 g/mol. The number of methoxy groups -OCH3 is 1. The van der Waals surface area contributed by atoms with E-state index in [-0.39, 0.29) is 11.1 Å². The lowest BCUT2D eigenvalue weighted by atomic mass is 10.1. The normalized spacial score (nSPS) is 16.2. The summed E-state index contributed by atoms with van der Waals surface area (Å²) in [5.41, 5.74) is 2.39. The molecule has 1 aliphatic rings. The number of amides is 1. The summed E-state index contributed by atoms with van der Waals surface area (Å²) in [5, 5.41) is 0.732. The maximum atomic E-state index is 13.3. The van der Waals surface area contributed by atoms with Crippen molar-refractivity contribution in [1.82, 2.24) is 4.98 Å². The molecule has 0 N–H and O–H groups in total. The molecule has 0 radical (unpaired) electrons. The molecule has 4 rings (SSSR count). The Morgan fingerprint density at radius 3 is 2.52 bits per heavy atom. The van der Waals surface area contributed by atoms with E-state index in [2.05, 4.69) is 9.98 Å². The highest BCUT2D eigenvalue weighted by Gasteiger charge is 2.34. The van der Waals surface area contributed by atoms with Crippen LogP contribution in [0.1, 0.15) is 15.9 Å². The average molecular weight is 450 g/mol. The summed E-state index contributed by atoms with van der Waals surface area (Å²) in [6.45, 7) is 0. The molecule has 2 aromatic carbocycles. The van der Waals surface area contributed by atoms with Gasteiger partial charge in [0.1, 0.15) is 5.69 Å². The summed E-state index contributed by atoms with van der Waals surface area (Å²) < 4.78 is 4.72. The second-order valence-corrected chi connectivity index (χ2v) is 7.78. The van der Waals surface area contributed by atoms with Gasteiger partial charge >= 0.3 is 5.97 Å². The van der Waals surface area contributed by atoms with Crippen LogP contribution in [0.4, 0.5) is 11.4 Å². The first-order valence-corrected chi connectivity index (χ1v) is 10.4. The number of anilines is 1. The third-order valence-corrected chi connectivity index (χ3v) is 5.67. The average Bonchev–Trinajstić information content (AvgIpc) is 3.10. The van der Waals surface area contributed by atoms with Crippen molar-refractivity contribution in [2.45, 2.75) is 0 Å². The van der Waals surface area contributed by atoms with Gasteiger partial charge in [0.15, 0.2) is 10.3 Å². The van der Waals surface area contributed by atoms with Crippen LogP contribution < -0.4 is 4.90 Å². The number of hydrogen-bond donors (Lipinski definition) is 0. The number of rotatable bonds is 4. The molecular weight excluding hydrogens is 434 g/mol. The van der Waals surface area contributed by atoms with Crippen molar-refractivity contribution in [2.75, 3.05) is 12.0 Å². The van der Waals surface area contributed by atoms with Gasteiger partial charge < -0.3 is 4.74 Å². The Bertz CT molecular complexity index is 1190. The highest BCUT2D eigenvalue weighted by molar-refractivity contribution is 8.19. The van der Waals surface area contributed by atoms with Crippen molar-refractivity contribution in [2.24, 2.45) is 4.99 Å². The minimum atomic E-state index is -0.413. The number of ether oxygens (including phenoxy) is 1. The van der Waals surface area contributed by atoms with Gasteiger partial charge in [0, 0.05) is 6.20 Å². The van der Waals surface area contributed by atoms with E-state index in [0.29, 0.717) is 27.0 Å². The summed E-state index contributed by atoms with van der Waals surface area (Å²) >= 11 is 7.41. The molecule has 31 heavy (non-hydrogen) atoms. The largest absolute Gasteiger partial charge is 0.465 e. The molecule has 0 unspecified atom stereocenters. The van der Waals surface area contributed by atoms with Crippen molar-refractivity contribution >= 4 is 57.9 Å². The lowest BCUT2D eigenvalue weighted by Crippen LogP contribution is -2.28. The number of carbonyl (C=O) groups excluding carboxylic acids is 2. The minimum Gasteiger partial charge on any atom is -0.465 e. The lowest BCUT2D eigenvalue weighted by molar-refractivity contribution is -0.113. The fraction of sp³-hybridized carbons (Fsp3) is 0.0435. The fourth-order valence-electron chi connectivity index (χ4n) is 2.90. The van der Waals surface area contributed by atoms with Gasteiger partial charge in [0.05, 0.1) is 23.3 Å². The molecule has 1 aliphatic heterocycles. The fourth-order valence-corrected chi connectivity index (χ4v) is 4.06. The molecule has 1 aromatic heterocycles. The molecule has 0 saturated carbocycles. The Kier molecular flexibility index (Phi) is 6.16. The molecule has 154 valence electrons. The van der Waals surface area contributed by atoms with Crippen LogP contribution in [-0.2, 0) is 9.53 Å². The quantitative estimate of drug-likeness (QED) is 0.306. The van der Waals surface area contributed by atoms with E-state index in [1.54, 1.807) is 53.6 Å². The molecule has 3 aromatic rings. The molecule has 0 aliphatic carbocycles. The van der Waals surface area contributed by atoms with Gasteiger partial charge in [-0.05, 0) is 59.8 Å². The Labute approximate surface area is 188 Å². The van der Waals surface area contributed by atoms with Crippen molar-refractivity contribution in [3.63, 3.8) is 0 Å². The molecule has 6 nitrogen and oxygen atoms in total. The highest BCUT2D eigenvalue weighted by atomic mass is 35.5. The Hall–Kier alpha value is -3.42. The SMILES string of the molecule is COC(=O)c1ccc(/C=C2\SC(=Nc3cccnc3Cl)N(c3ccccc3)C2=O)cc1. The van der Waals surface area contributed by atoms with Gasteiger partial charge in [0.2, 0.25) is 0 Å². The number of para-hydroxylation sites is 1. The van der Waals surface area contributed by atoms with E-state index in [4.69, 9.17) is 16.3 Å². The predicted octanol–water partition coefficient (Wildman–Crippen LogP) is 5.33. The maximum absolute atomic E-state index is 13.3. The van der Waals surface area contributed by atoms with E-state index >= 15 is 0 Å². The third-order valence-electron chi connectivity index (χ3n) is 4.41. The van der Waals surface area contributed by atoms with Gasteiger partial charge in [-0.25, -0.2) is 14.8 Å². The third kappa shape index (κ3) is 4.52. The molecule has 8 heteroatoms. The number of aliphatic imine (C=N–C) groups is 1. The molecule has 1 fully saturated rings. The zero-order valence-corrected chi connectivity index (χ0v) is 17.9. The molecule has 0 spiro atoms. The number of halogens is 1. The number of aromatic nitrogens is 1. The highest BCUT2D eigenvalue weighted by Crippen LogP contribution is 2.38. The molecule has 1 amide bonds. The first-order valence-electron chi connectivity index (χ1n) is 9.23. The summed E-state index contributed by atoms with van der Waals surface area (Å²) in [4.78, 5) is 35.6. The number of thioether (sulfide) groups is 1. The summed E-state index contributed by atoms with van der Waals surface area (Å²) in [7, 11) is 1.33. The lowest BCUT2D eigenvalue weighted by Gasteiger charge is -2.15. The van der Waals surface area contributed by atoms with E-state index in [1.807, 2.05) is 30.3 Å². The van der Waals surface area contributed by atoms with E-state index in [9.17, 15) is 9.59 Å². The van der Waals surface area contributed by atoms with Crippen LogP contribution >= 0.6 is 23.4 Å². The van der Waals surface area contributed by atoms with Crippen LogP contribution in [0.5, 0.6) is 0 Å². The number of carbonyl (C=O) groups is 2. The Morgan fingerprint density at radius 1 is 1.10 bits per heavy atom. The van der Waals surface area contributed by atoms with Crippen LogP contribution in [0.15, 0.2) is 82.8 Å². The number of pyridine rings is 1. The van der Waals surface area contributed by atoms with E-state index in [1.165, 1.54) is 18.9 Å². The second-order valence-electron chi connectivity index (χ2n) is 6.41. The maximum Gasteiger partial charge on any atom is 0.337 e. The van der Waals surface area contributed by atoms with Crippen LogP contribution in [-0.4, -0.2) is 29.1 Å². The summed E-state index contributed by atoms with van der Waals surface area (Å²) in [5.74, 6) is -0.615. The van der Waals surface area contributed by atoms with Gasteiger partial charge in [-0.1, -0.05) is 41.9 Å². The Balaban J connectivity index is 1.72. The van der Waals surface area contributed by atoms with Crippen LogP contribution in [0.3, 0.4) is 0 Å². The molecular formula is C23H16ClN3O3S. The Morgan fingerprint density at radius 2 is 1.84 bits per heavy atom. The predicted molar refractivity (Wildman–Crippen MR) is 124 cm³/mol. The minimum absolute atomic E-state index is 0.202. The van der Waals surface area contributed by atoms with E-state index < -0.39 is 5.97 Å². The summed E-state index contributed by atoms with van der Waals surface area (Å²) in [6.07, 6.45) is 3.34. The summed E-state index contributed by atoms with van der Waals surface area (Å²) in [6, 6.07) is 19.6. The van der Waals surface area contributed by atoms with Crippen molar-refractivity contribution < 1.29 is 14.3 Å². The van der Waals surface area contributed by atoms with E-state index in [0.717, 1.165) is 5.56 Å². The number of benzene rings is 2. The van der Waals surface area contributed by atoms with Gasteiger partial charge in [0.25, 0.3) is 5.91 Å². The molecule has 0 bridgehead atoms. The standard InChI is InChI=1S/C23H16ClN3O3S/c1-30-22(29)16-11-9-15(10-12-16)14-19-21(28)27(17-6-3-2-4-7-17)23(31-19)26-18-8-5-13-25-20(18)24/h2-14H,1H3/b19-14-,26-23?. The zero-order chi connectivity index (χ0) is 21.8. The zero-order valence-electron chi connectivity index (χ0n) is 16.4. The number of amidine groups is 1. The molecule has 1 saturated heterocycles. The van der Waals surface area contributed by atoms with Crippen LogP contribution in [0, 0.1) is 0 Å².